The predicted octanol–water partition coefficient (Wildman–Crippen LogP) is 6.82. The molecule has 0 spiro atoms. The van der Waals surface area contributed by atoms with Crippen LogP contribution in [-0.4, -0.2) is 30.7 Å². The van der Waals surface area contributed by atoms with Gasteiger partial charge in [0, 0.05) is 28.6 Å². The van der Waals surface area contributed by atoms with E-state index in [1.807, 2.05) is 0 Å². The molecule has 0 amide bonds. The van der Waals surface area contributed by atoms with Gasteiger partial charge in [-0.25, -0.2) is 0 Å². The zero-order valence-electron chi connectivity index (χ0n) is 21.8. The second-order valence-corrected chi connectivity index (χ2v) is 10.9. The lowest BCUT2D eigenvalue weighted by atomic mass is 9.55. The molecular formula is C28H33N5O5. The fourth-order valence-electron chi connectivity index (χ4n) is 7.28. The molecule has 2 fully saturated rings. The largest absolute Gasteiger partial charge is 0.497 e. The second kappa shape index (κ2) is 10.5. The average Bonchev–Trinajstić information content (AvgIpc) is 3.24. The fraction of sp³-hybridized carbons (Fsp3) is 0.536. The number of fused-ring (bicyclic) bond motifs is 5. The summed E-state index contributed by atoms with van der Waals surface area (Å²) < 4.78 is 11.5. The molecule has 0 saturated heterocycles. The van der Waals surface area contributed by atoms with E-state index in [2.05, 4.69) is 40.5 Å². The van der Waals surface area contributed by atoms with E-state index >= 15 is 0 Å². The van der Waals surface area contributed by atoms with E-state index in [0.717, 1.165) is 44.3 Å². The Morgan fingerprint density at radius 1 is 1.24 bits per heavy atom. The molecule has 5 atom stereocenters. The summed E-state index contributed by atoms with van der Waals surface area (Å²) in [6.07, 6.45) is 6.31. The molecule has 3 aliphatic rings. The number of nitrogens with one attached hydrogen (secondary N) is 1. The van der Waals surface area contributed by atoms with E-state index < -0.39 is 4.92 Å². The van der Waals surface area contributed by atoms with Gasteiger partial charge in [-0.15, -0.1) is 0 Å². The Kier molecular flexibility index (Phi) is 7.17. The quantitative estimate of drug-likeness (QED) is 0.101. The number of anilines is 1. The highest BCUT2D eigenvalue weighted by Gasteiger charge is 2.56. The Labute approximate surface area is 221 Å². The maximum Gasteiger partial charge on any atom is 0.307 e. The van der Waals surface area contributed by atoms with Crippen molar-refractivity contribution in [3.63, 3.8) is 0 Å². The highest BCUT2D eigenvalue weighted by Crippen LogP contribution is 2.61. The molecule has 2 aromatic rings. The topological polar surface area (TPSA) is 139 Å². The third kappa shape index (κ3) is 4.76. The highest BCUT2D eigenvalue weighted by molar-refractivity contribution is 5.71. The maximum absolute atomic E-state index is 12.8. The first-order valence-corrected chi connectivity index (χ1v) is 13.3. The van der Waals surface area contributed by atoms with Crippen LogP contribution in [0.1, 0.15) is 62.5 Å². The number of esters is 1. The summed E-state index contributed by atoms with van der Waals surface area (Å²) in [4.78, 5) is 26.3. The van der Waals surface area contributed by atoms with Gasteiger partial charge in [-0.05, 0) is 91.1 Å². The first-order valence-electron chi connectivity index (χ1n) is 13.3. The van der Waals surface area contributed by atoms with Crippen molar-refractivity contribution < 1.29 is 19.2 Å². The van der Waals surface area contributed by atoms with Crippen molar-refractivity contribution in [3.05, 3.63) is 68.1 Å². The maximum atomic E-state index is 12.8. The molecule has 2 saturated carbocycles. The number of nitro groups is 1. The highest BCUT2D eigenvalue weighted by atomic mass is 16.6. The van der Waals surface area contributed by atoms with E-state index in [9.17, 15) is 14.9 Å². The Morgan fingerprint density at radius 2 is 2.08 bits per heavy atom. The van der Waals surface area contributed by atoms with Gasteiger partial charge in [0.25, 0.3) is 5.69 Å². The normalized spacial score (nSPS) is 27.2. The molecule has 38 heavy (non-hydrogen) atoms. The van der Waals surface area contributed by atoms with Crippen molar-refractivity contribution in [2.45, 2.75) is 63.9 Å². The van der Waals surface area contributed by atoms with Crippen molar-refractivity contribution in [2.75, 3.05) is 19.0 Å². The minimum atomic E-state index is -0.549. The molecule has 3 aliphatic carbocycles. The summed E-state index contributed by atoms with van der Waals surface area (Å²) in [6, 6.07) is 10.7. The summed E-state index contributed by atoms with van der Waals surface area (Å²) in [7, 11) is 1.71. The van der Waals surface area contributed by atoms with Crippen LogP contribution in [0.3, 0.4) is 0 Å². The van der Waals surface area contributed by atoms with Crippen LogP contribution < -0.4 is 10.1 Å². The Bertz CT molecular complexity index is 1290. The number of hydrogen-bond donors (Lipinski definition) is 1. The summed E-state index contributed by atoms with van der Waals surface area (Å²) in [5, 5.41) is 17.8. The summed E-state index contributed by atoms with van der Waals surface area (Å²) in [5.74, 6) is 2.33. The molecule has 0 aromatic heterocycles. The number of nitrogens with zero attached hydrogens (tertiary/aromatic N) is 4. The molecule has 10 heteroatoms. The minimum absolute atomic E-state index is 0.0237. The molecule has 0 radical (unpaired) electrons. The fourth-order valence-corrected chi connectivity index (χ4v) is 7.28. The Morgan fingerprint density at radius 3 is 2.84 bits per heavy atom. The van der Waals surface area contributed by atoms with Crippen LogP contribution in [-0.2, 0) is 16.0 Å². The zero-order chi connectivity index (χ0) is 26.9. The number of carbonyl (C=O) groups excluding carboxylic acids is 1. The van der Waals surface area contributed by atoms with Crippen molar-refractivity contribution in [3.8, 4) is 5.75 Å². The van der Waals surface area contributed by atoms with Gasteiger partial charge >= 0.3 is 5.97 Å². The second-order valence-electron chi connectivity index (χ2n) is 10.9. The predicted molar refractivity (Wildman–Crippen MR) is 143 cm³/mol. The van der Waals surface area contributed by atoms with E-state index in [4.69, 9.17) is 15.0 Å². The lowest BCUT2D eigenvalue weighted by Gasteiger charge is -2.50. The molecule has 0 heterocycles. The van der Waals surface area contributed by atoms with Crippen molar-refractivity contribution in [2.24, 2.45) is 22.4 Å². The van der Waals surface area contributed by atoms with Gasteiger partial charge in [0.2, 0.25) is 0 Å². The van der Waals surface area contributed by atoms with Gasteiger partial charge < -0.3 is 14.8 Å². The molecule has 10 nitrogen and oxygen atoms in total. The average molecular weight is 520 g/mol. The number of hydrogen-bond acceptors (Lipinski definition) is 7. The summed E-state index contributed by atoms with van der Waals surface area (Å²) in [6.45, 7) is 2.51. The van der Waals surface area contributed by atoms with Gasteiger partial charge in [-0.3, -0.25) is 14.9 Å². The Balaban J connectivity index is 1.19. The third-order valence-corrected chi connectivity index (χ3v) is 9.10. The summed E-state index contributed by atoms with van der Waals surface area (Å²) in [5.41, 5.74) is 11.6. The molecule has 5 rings (SSSR count). The number of azide groups is 1. The Hall–Kier alpha value is -3.78. The van der Waals surface area contributed by atoms with Gasteiger partial charge in [-0.2, -0.15) is 0 Å². The monoisotopic (exact) mass is 519 g/mol. The first kappa shape index (κ1) is 25.9. The van der Waals surface area contributed by atoms with Crippen LogP contribution in [0.4, 0.5) is 17.1 Å². The minimum Gasteiger partial charge on any atom is -0.497 e. The van der Waals surface area contributed by atoms with Crippen LogP contribution in [0.5, 0.6) is 5.75 Å². The number of aryl methyl sites for hydroxylation is 1. The summed E-state index contributed by atoms with van der Waals surface area (Å²) >= 11 is 0. The number of methoxy groups -OCH3 is 1. The van der Waals surface area contributed by atoms with Crippen LogP contribution in [0, 0.1) is 27.4 Å². The number of benzene rings is 2. The molecule has 1 N–H and O–H groups in total. The molecule has 200 valence electrons. The van der Waals surface area contributed by atoms with Gasteiger partial charge in [0.05, 0.1) is 18.5 Å². The van der Waals surface area contributed by atoms with Gasteiger partial charge in [-0.1, -0.05) is 24.2 Å². The van der Waals surface area contributed by atoms with Gasteiger partial charge in [0.15, 0.2) is 0 Å². The third-order valence-electron chi connectivity index (χ3n) is 9.10. The molecular weight excluding hydrogens is 486 g/mol. The van der Waals surface area contributed by atoms with Crippen molar-refractivity contribution >= 4 is 23.0 Å². The number of rotatable bonds is 8. The number of ether oxygens (including phenoxy) is 2. The number of carbonyl (C=O) groups is 1. The lowest BCUT2D eigenvalue weighted by Crippen LogP contribution is -2.45. The van der Waals surface area contributed by atoms with Crippen LogP contribution >= 0.6 is 0 Å². The lowest BCUT2D eigenvalue weighted by molar-refractivity contribution is -0.383. The van der Waals surface area contributed by atoms with Gasteiger partial charge in [0.1, 0.15) is 17.5 Å². The SMILES string of the molecule is COc1ccc2c(c1)CC[C@@H]1[C@@H]2CC[C@]2(C)[C@@H](OC(=O)CCNc3ccc(N=[N+]=[N-])cc3[N+](=O)[O-])CC[C@@H]12. The molecule has 0 aliphatic heterocycles. The van der Waals surface area contributed by atoms with Crippen LogP contribution in [0.15, 0.2) is 41.5 Å². The smallest absolute Gasteiger partial charge is 0.307 e. The molecule has 0 unspecified atom stereocenters. The van der Waals surface area contributed by atoms with Crippen LogP contribution in [0.25, 0.3) is 10.4 Å². The van der Waals surface area contributed by atoms with E-state index in [1.165, 1.54) is 29.3 Å². The van der Waals surface area contributed by atoms with Crippen molar-refractivity contribution in [1.82, 2.24) is 0 Å². The zero-order valence-corrected chi connectivity index (χ0v) is 21.8. The number of nitro benzene ring substituents is 1. The standard InChI is InChI=1S/C28H33N5O5/c1-28-13-11-21-20-7-5-19(37-2)15-17(20)3-6-22(21)23(28)8-10-26(28)38-27(34)12-14-30-24-9-4-18(31-32-29)16-25(24)33(35)36/h4-5,7,9,15-16,21-23,26,30H,3,6,8,10-14H2,1-2H3/t21-,22-,23+,26+,28+/m1/s1. The van der Waals surface area contributed by atoms with Crippen molar-refractivity contribution in [1.29, 1.82) is 0 Å². The van der Waals surface area contributed by atoms with E-state index in [0.29, 0.717) is 17.8 Å². The molecule has 0 bridgehead atoms. The first-order chi connectivity index (χ1) is 18.3. The van der Waals surface area contributed by atoms with Crippen LogP contribution in [0.2, 0.25) is 0 Å². The van der Waals surface area contributed by atoms with E-state index in [1.54, 1.807) is 7.11 Å². The molecule has 2 aromatic carbocycles. The van der Waals surface area contributed by atoms with E-state index in [-0.39, 0.29) is 47.5 Å².